The fraction of sp³-hybridized carbons (Fsp3) is 0.364. The average molecular weight is 347 g/mol. The molecule has 1 aromatic carbocycles. The normalized spacial score (nSPS) is 17.1. The molecule has 16 heavy (non-hydrogen) atoms. The van der Waals surface area contributed by atoms with Gasteiger partial charge in [0.1, 0.15) is 0 Å². The number of rotatable bonds is 2. The molecule has 90 valence electrons. The van der Waals surface area contributed by atoms with Gasteiger partial charge in [-0.1, -0.05) is 0 Å². The first-order chi connectivity index (χ1) is 7.77. The second-order valence-electron chi connectivity index (χ2n) is 3.47. The third-order valence-corrected chi connectivity index (χ3v) is 4.31. The molecule has 0 aliphatic carbocycles. The number of benzene rings is 1. The van der Waals surface area contributed by atoms with Crippen LogP contribution in [0, 0.1) is 0 Å². The molecule has 0 radical (unpaired) electrons. The predicted molar refractivity (Wildman–Crippen MR) is 66.3 cm³/mol. The molecule has 5 heteroatoms. The first kappa shape index (κ1) is 12.5. The maximum absolute atomic E-state index is 5.93. The number of halogens is 2. The van der Waals surface area contributed by atoms with Crippen LogP contribution in [-0.4, -0.2) is 30.9 Å². The molecule has 1 aromatic rings. The number of nitrogens with zero attached hydrogens (tertiary/aromatic N) is 1. The Kier molecular flexibility index (Phi) is 4.78. The van der Waals surface area contributed by atoms with E-state index in [1.165, 1.54) is 5.69 Å². The second kappa shape index (κ2) is 6.11. The topological polar surface area (TPSA) is 12.5 Å². The Morgan fingerprint density at radius 1 is 1.19 bits per heavy atom. The number of anilines is 1. The molecule has 1 heterocycles. The summed E-state index contributed by atoms with van der Waals surface area (Å²) < 4.78 is 7.35. The van der Waals surface area contributed by atoms with Gasteiger partial charge >= 0.3 is 109 Å². The fourth-order valence-electron chi connectivity index (χ4n) is 1.75. The van der Waals surface area contributed by atoms with Gasteiger partial charge in [0, 0.05) is 0 Å². The van der Waals surface area contributed by atoms with E-state index >= 15 is 0 Å². The van der Waals surface area contributed by atoms with E-state index in [1.54, 1.807) is 0 Å². The summed E-state index contributed by atoms with van der Waals surface area (Å²) in [7, 11) is 11.9. The summed E-state index contributed by atoms with van der Waals surface area (Å²) in [4.78, 5) is 2.32. The van der Waals surface area contributed by atoms with Crippen molar-refractivity contribution < 1.29 is 18.3 Å². The fourth-order valence-corrected chi connectivity index (χ4v) is 3.57. The molecule has 0 amide bonds. The van der Waals surface area contributed by atoms with Crippen LogP contribution in [0.2, 0.25) is 0 Å². The summed E-state index contributed by atoms with van der Waals surface area (Å²) in [6.45, 7) is 3.44. The molecule has 2 rings (SSSR count). The van der Waals surface area contributed by atoms with E-state index in [0.29, 0.717) is 0 Å². The van der Waals surface area contributed by atoms with Crippen molar-refractivity contribution in [1.29, 1.82) is 0 Å². The van der Waals surface area contributed by atoms with Crippen LogP contribution < -0.4 is 4.90 Å². The van der Waals surface area contributed by atoms with Crippen LogP contribution in [0.15, 0.2) is 24.3 Å². The molecule has 0 aromatic heterocycles. The summed E-state index contributed by atoms with van der Waals surface area (Å²) >= 11 is -1.76. The van der Waals surface area contributed by atoms with Gasteiger partial charge in [-0.05, 0) is 0 Å². The van der Waals surface area contributed by atoms with Crippen molar-refractivity contribution in [3.05, 3.63) is 29.8 Å². The van der Waals surface area contributed by atoms with Gasteiger partial charge in [-0.2, -0.15) is 0 Å². The molecular formula is C11H13Cl2NORu. The number of hydrogen-bond acceptors (Lipinski definition) is 2. The molecule has 1 aliphatic rings. The first-order valence-corrected chi connectivity index (χ1v) is 10.5. The Morgan fingerprint density at radius 2 is 1.88 bits per heavy atom. The van der Waals surface area contributed by atoms with Crippen LogP contribution in [0.25, 0.3) is 0 Å². The van der Waals surface area contributed by atoms with Crippen molar-refractivity contribution in [3.8, 4) is 0 Å². The standard InChI is InChI=1S/C11H13NO.2ClH.Ru/c1-10-4-2-3-5-11(10)12-6-8-13-9-7-12;;;/h1-5H,6-9H2;2*1H;/q;;;+2/p-2. The Balaban J connectivity index is 2.28. The van der Waals surface area contributed by atoms with E-state index in [1.807, 2.05) is 16.7 Å². The Bertz CT molecular complexity index is 387. The van der Waals surface area contributed by atoms with E-state index < -0.39 is 13.5 Å². The predicted octanol–water partition coefficient (Wildman–Crippen LogP) is 2.60. The van der Waals surface area contributed by atoms with Crippen molar-refractivity contribution in [2.45, 2.75) is 0 Å². The van der Waals surface area contributed by atoms with Crippen LogP contribution in [-0.2, 0) is 18.3 Å². The maximum atomic E-state index is 5.93. The molecular weight excluding hydrogens is 334 g/mol. The van der Waals surface area contributed by atoms with E-state index in [2.05, 4.69) is 17.0 Å². The number of hydrogen-bond donors (Lipinski definition) is 0. The van der Waals surface area contributed by atoms with Crippen LogP contribution >= 0.6 is 19.4 Å². The van der Waals surface area contributed by atoms with Crippen molar-refractivity contribution >= 4 is 29.7 Å². The molecule has 1 saturated heterocycles. The van der Waals surface area contributed by atoms with E-state index in [9.17, 15) is 0 Å². The third-order valence-electron chi connectivity index (χ3n) is 2.48. The van der Waals surface area contributed by atoms with E-state index in [4.69, 9.17) is 24.1 Å². The molecule has 0 atom stereocenters. The summed E-state index contributed by atoms with van der Waals surface area (Å²) in [5.74, 6) is 0. The van der Waals surface area contributed by atoms with Gasteiger partial charge in [0.25, 0.3) is 0 Å². The average Bonchev–Trinajstić information content (AvgIpc) is 2.30. The number of morpholine rings is 1. The molecule has 0 bridgehead atoms. The van der Waals surface area contributed by atoms with E-state index in [-0.39, 0.29) is 0 Å². The van der Waals surface area contributed by atoms with Crippen LogP contribution in [0.3, 0.4) is 0 Å². The number of para-hydroxylation sites is 1. The molecule has 2 nitrogen and oxygen atoms in total. The number of ether oxygens (including phenoxy) is 1. The van der Waals surface area contributed by atoms with Crippen molar-refractivity contribution in [3.63, 3.8) is 0 Å². The third kappa shape index (κ3) is 3.27. The minimum absolute atomic E-state index is 0.789. The van der Waals surface area contributed by atoms with Gasteiger partial charge in [0.05, 0.1) is 0 Å². The van der Waals surface area contributed by atoms with Crippen LogP contribution in [0.1, 0.15) is 5.56 Å². The zero-order valence-electron chi connectivity index (χ0n) is 8.68. The van der Waals surface area contributed by atoms with Gasteiger partial charge < -0.3 is 0 Å². The van der Waals surface area contributed by atoms with Crippen molar-refractivity contribution in [1.82, 2.24) is 0 Å². The summed E-state index contributed by atoms with van der Waals surface area (Å²) in [5, 5.41) is 0. The quantitative estimate of drug-likeness (QED) is 0.763. The van der Waals surface area contributed by atoms with Crippen LogP contribution in [0.4, 0.5) is 5.69 Å². The Hall–Kier alpha value is 0.0534. The van der Waals surface area contributed by atoms with Gasteiger partial charge in [-0.25, -0.2) is 0 Å². The molecule has 0 spiro atoms. The summed E-state index contributed by atoms with van der Waals surface area (Å²) in [6, 6.07) is 8.24. The zero-order valence-corrected chi connectivity index (χ0v) is 11.9. The van der Waals surface area contributed by atoms with Crippen molar-refractivity contribution in [2.24, 2.45) is 0 Å². The van der Waals surface area contributed by atoms with Gasteiger partial charge in [0.2, 0.25) is 0 Å². The molecule has 1 fully saturated rings. The van der Waals surface area contributed by atoms with Crippen LogP contribution in [0.5, 0.6) is 0 Å². The molecule has 1 aliphatic heterocycles. The monoisotopic (exact) mass is 347 g/mol. The van der Waals surface area contributed by atoms with Crippen molar-refractivity contribution in [2.75, 3.05) is 31.2 Å². The summed E-state index contributed by atoms with van der Waals surface area (Å²) in [5.41, 5.74) is 2.36. The molecule has 0 unspecified atom stereocenters. The van der Waals surface area contributed by atoms with E-state index in [0.717, 1.165) is 31.9 Å². The Labute approximate surface area is 109 Å². The zero-order chi connectivity index (χ0) is 11.4. The van der Waals surface area contributed by atoms with Gasteiger partial charge in [-0.3, -0.25) is 0 Å². The molecule has 0 saturated carbocycles. The van der Waals surface area contributed by atoms with Gasteiger partial charge in [0.15, 0.2) is 0 Å². The second-order valence-corrected chi connectivity index (χ2v) is 9.19. The first-order valence-electron chi connectivity index (χ1n) is 5.02. The minimum atomic E-state index is -1.76. The SMILES string of the molecule is [Cl][Ru]([Cl])=[CH]c1ccccc1N1CCOCC1. The molecule has 0 N–H and O–H groups in total. The summed E-state index contributed by atoms with van der Waals surface area (Å²) in [6.07, 6.45) is 0. The Morgan fingerprint density at radius 3 is 2.56 bits per heavy atom. The van der Waals surface area contributed by atoms with Gasteiger partial charge in [-0.15, -0.1) is 0 Å².